The summed E-state index contributed by atoms with van der Waals surface area (Å²) >= 11 is 0. The lowest BCUT2D eigenvalue weighted by Crippen LogP contribution is -2.33. The maximum absolute atomic E-state index is 11.9. The molecule has 0 radical (unpaired) electrons. The van der Waals surface area contributed by atoms with Gasteiger partial charge in [0.15, 0.2) is 0 Å². The van der Waals surface area contributed by atoms with E-state index in [9.17, 15) is 4.79 Å². The van der Waals surface area contributed by atoms with Crippen LogP contribution in [-0.2, 0) is 0 Å². The van der Waals surface area contributed by atoms with Crippen molar-refractivity contribution in [2.24, 2.45) is 5.92 Å². The third kappa shape index (κ3) is 2.41. The van der Waals surface area contributed by atoms with Gasteiger partial charge in [0, 0.05) is 6.54 Å². The van der Waals surface area contributed by atoms with Gasteiger partial charge in [-0.05, 0) is 24.8 Å². The highest BCUT2D eigenvalue weighted by Crippen LogP contribution is 2.30. The highest BCUT2D eigenvalue weighted by Gasteiger charge is 2.27. The first kappa shape index (κ1) is 9.85. The van der Waals surface area contributed by atoms with E-state index < -0.39 is 0 Å². The molecule has 1 amide bonds. The molecule has 0 unspecified atom stereocenters. The zero-order valence-electron chi connectivity index (χ0n) is 8.48. The number of carbonyl (C=O) groups is 1. The molecule has 0 spiro atoms. The largest absolute Gasteiger partial charge is 0.472 e. The second-order valence-electron chi connectivity index (χ2n) is 3.85. The minimum Gasteiger partial charge on any atom is -0.472 e. The maximum atomic E-state index is 11.9. The normalized spacial score (nSPS) is 14.6. The van der Waals surface area contributed by atoms with Crippen LogP contribution in [0.4, 0.5) is 0 Å². The summed E-state index contributed by atoms with van der Waals surface area (Å²) in [5.41, 5.74) is 0.575. The van der Waals surface area contributed by atoms with Crippen molar-refractivity contribution in [3.05, 3.63) is 24.2 Å². The quantitative estimate of drug-likeness (QED) is 0.699. The number of nitrogens with zero attached hydrogens (tertiary/aromatic N) is 1. The number of terminal acetylenes is 1. The Morgan fingerprint density at radius 2 is 2.47 bits per heavy atom. The van der Waals surface area contributed by atoms with E-state index in [1.165, 1.54) is 25.4 Å². The fourth-order valence-electron chi connectivity index (χ4n) is 1.51. The lowest BCUT2D eigenvalue weighted by atomic mass is 10.2. The van der Waals surface area contributed by atoms with Crippen molar-refractivity contribution < 1.29 is 9.21 Å². The van der Waals surface area contributed by atoms with E-state index in [-0.39, 0.29) is 5.91 Å². The van der Waals surface area contributed by atoms with E-state index in [0.717, 1.165) is 6.54 Å². The monoisotopic (exact) mass is 203 g/mol. The molecule has 0 saturated heterocycles. The third-order valence-electron chi connectivity index (χ3n) is 2.51. The van der Waals surface area contributed by atoms with Crippen molar-refractivity contribution in [3.63, 3.8) is 0 Å². The summed E-state index contributed by atoms with van der Waals surface area (Å²) in [5.74, 6) is 3.13. The van der Waals surface area contributed by atoms with Crippen molar-refractivity contribution in [2.75, 3.05) is 13.1 Å². The molecule has 0 bridgehead atoms. The van der Waals surface area contributed by atoms with Crippen LogP contribution < -0.4 is 0 Å². The van der Waals surface area contributed by atoms with Crippen LogP contribution in [-0.4, -0.2) is 23.9 Å². The minimum absolute atomic E-state index is 0.0337. The van der Waals surface area contributed by atoms with Gasteiger partial charge in [-0.25, -0.2) is 0 Å². The lowest BCUT2D eigenvalue weighted by molar-refractivity contribution is 0.0769. The summed E-state index contributed by atoms with van der Waals surface area (Å²) in [5, 5.41) is 0. The van der Waals surface area contributed by atoms with Crippen LogP contribution in [0.5, 0.6) is 0 Å². The molecule has 15 heavy (non-hydrogen) atoms. The summed E-state index contributed by atoms with van der Waals surface area (Å²) in [4.78, 5) is 13.6. The van der Waals surface area contributed by atoms with Crippen molar-refractivity contribution in [1.82, 2.24) is 4.90 Å². The molecule has 0 atom stereocenters. The van der Waals surface area contributed by atoms with Crippen molar-refractivity contribution >= 4 is 5.91 Å². The van der Waals surface area contributed by atoms with E-state index in [0.29, 0.717) is 18.0 Å². The van der Waals surface area contributed by atoms with Gasteiger partial charge in [-0.1, -0.05) is 5.92 Å². The molecule has 3 nitrogen and oxygen atoms in total. The summed E-state index contributed by atoms with van der Waals surface area (Å²) in [6.45, 7) is 1.15. The van der Waals surface area contributed by atoms with Gasteiger partial charge in [-0.3, -0.25) is 4.79 Å². The Hall–Kier alpha value is -1.69. The molecule has 1 aromatic heterocycles. The van der Waals surface area contributed by atoms with Crippen LogP contribution in [0, 0.1) is 18.3 Å². The molecular weight excluding hydrogens is 190 g/mol. The molecule has 3 heteroatoms. The Labute approximate surface area is 89.1 Å². The second kappa shape index (κ2) is 4.22. The fraction of sp³-hybridized carbons (Fsp3) is 0.417. The molecule has 2 rings (SSSR count). The molecule has 0 aromatic carbocycles. The zero-order valence-corrected chi connectivity index (χ0v) is 8.48. The Balaban J connectivity index is 2.03. The van der Waals surface area contributed by atoms with Crippen LogP contribution in [0.1, 0.15) is 23.2 Å². The number of furan rings is 1. The van der Waals surface area contributed by atoms with Crippen LogP contribution in [0.15, 0.2) is 23.0 Å². The number of amides is 1. The van der Waals surface area contributed by atoms with Crippen LogP contribution in [0.25, 0.3) is 0 Å². The van der Waals surface area contributed by atoms with E-state index in [2.05, 4.69) is 5.92 Å². The maximum Gasteiger partial charge on any atom is 0.257 e. The van der Waals surface area contributed by atoms with Crippen molar-refractivity contribution in [2.45, 2.75) is 12.8 Å². The Kier molecular flexibility index (Phi) is 2.77. The van der Waals surface area contributed by atoms with Crippen LogP contribution >= 0.6 is 0 Å². The number of hydrogen-bond acceptors (Lipinski definition) is 2. The minimum atomic E-state index is -0.0337. The topological polar surface area (TPSA) is 33.5 Å². The average Bonchev–Trinajstić information content (AvgIpc) is 2.88. The molecule has 0 aliphatic heterocycles. The van der Waals surface area contributed by atoms with Crippen LogP contribution in [0.3, 0.4) is 0 Å². The summed E-state index contributed by atoms with van der Waals surface area (Å²) in [7, 11) is 0. The number of carbonyl (C=O) groups excluding carboxylic acids is 1. The SMILES string of the molecule is C#CCN(CC1CC1)C(=O)c1ccoc1. The van der Waals surface area contributed by atoms with Gasteiger partial charge in [-0.15, -0.1) is 6.42 Å². The molecule has 1 aromatic rings. The van der Waals surface area contributed by atoms with Gasteiger partial charge < -0.3 is 9.32 Å². The number of rotatable bonds is 4. The first-order chi connectivity index (χ1) is 7.31. The molecule has 1 aliphatic rings. The lowest BCUT2D eigenvalue weighted by Gasteiger charge is -2.18. The van der Waals surface area contributed by atoms with Crippen LogP contribution in [0.2, 0.25) is 0 Å². The number of hydrogen-bond donors (Lipinski definition) is 0. The highest BCUT2D eigenvalue weighted by atomic mass is 16.3. The Morgan fingerprint density at radius 3 is 3.00 bits per heavy atom. The van der Waals surface area contributed by atoms with E-state index in [4.69, 9.17) is 10.8 Å². The smallest absolute Gasteiger partial charge is 0.257 e. The Morgan fingerprint density at radius 1 is 1.67 bits per heavy atom. The average molecular weight is 203 g/mol. The van der Waals surface area contributed by atoms with E-state index in [1.807, 2.05) is 0 Å². The molecular formula is C12H13NO2. The summed E-state index contributed by atoms with van der Waals surface area (Å²) < 4.78 is 4.89. The van der Waals surface area contributed by atoms with Gasteiger partial charge in [0.25, 0.3) is 5.91 Å². The van der Waals surface area contributed by atoms with Gasteiger partial charge in [0.2, 0.25) is 0 Å². The van der Waals surface area contributed by atoms with Gasteiger partial charge in [-0.2, -0.15) is 0 Å². The molecule has 1 fully saturated rings. The predicted octanol–water partition coefficient (Wildman–Crippen LogP) is 1.77. The van der Waals surface area contributed by atoms with Crippen molar-refractivity contribution in [3.8, 4) is 12.3 Å². The molecule has 1 heterocycles. The molecule has 0 N–H and O–H groups in total. The third-order valence-corrected chi connectivity index (χ3v) is 2.51. The van der Waals surface area contributed by atoms with Gasteiger partial charge in [0.1, 0.15) is 6.26 Å². The second-order valence-corrected chi connectivity index (χ2v) is 3.85. The first-order valence-electron chi connectivity index (χ1n) is 5.06. The summed E-state index contributed by atoms with van der Waals surface area (Å²) in [6, 6.07) is 1.67. The first-order valence-corrected chi connectivity index (χ1v) is 5.06. The van der Waals surface area contributed by atoms with Gasteiger partial charge >= 0.3 is 0 Å². The Bertz CT molecular complexity index is 371. The fourth-order valence-corrected chi connectivity index (χ4v) is 1.51. The van der Waals surface area contributed by atoms with Crippen molar-refractivity contribution in [1.29, 1.82) is 0 Å². The van der Waals surface area contributed by atoms with E-state index >= 15 is 0 Å². The van der Waals surface area contributed by atoms with E-state index in [1.54, 1.807) is 11.0 Å². The molecule has 1 aliphatic carbocycles. The zero-order chi connectivity index (χ0) is 10.7. The summed E-state index contributed by atoms with van der Waals surface area (Å²) in [6.07, 6.45) is 10.6. The van der Waals surface area contributed by atoms with Gasteiger partial charge in [0.05, 0.1) is 18.4 Å². The predicted molar refractivity (Wildman–Crippen MR) is 56.2 cm³/mol. The molecule has 78 valence electrons. The standard InChI is InChI=1S/C12H13NO2/c1-2-6-13(8-10-3-4-10)12(14)11-5-7-15-9-11/h1,5,7,9-10H,3-4,6,8H2. The highest BCUT2D eigenvalue weighted by molar-refractivity contribution is 5.94. The molecule has 1 saturated carbocycles.